The first kappa shape index (κ1) is 13.3. The van der Waals surface area contributed by atoms with Crippen molar-refractivity contribution in [2.24, 2.45) is 0 Å². The van der Waals surface area contributed by atoms with Gasteiger partial charge in [0.15, 0.2) is 17.4 Å². The van der Waals surface area contributed by atoms with Gasteiger partial charge >= 0.3 is 5.97 Å². The van der Waals surface area contributed by atoms with Crippen LogP contribution in [0.2, 0.25) is 0 Å². The van der Waals surface area contributed by atoms with E-state index in [-0.39, 0.29) is 24.8 Å². The van der Waals surface area contributed by atoms with Crippen LogP contribution in [0.1, 0.15) is 18.4 Å². The van der Waals surface area contributed by atoms with Crippen molar-refractivity contribution >= 4 is 5.97 Å². The molecule has 3 nitrogen and oxygen atoms in total. The topological polar surface area (TPSA) is 46.5 Å². The van der Waals surface area contributed by atoms with E-state index < -0.39 is 29.2 Å². The van der Waals surface area contributed by atoms with Crippen molar-refractivity contribution in [2.75, 3.05) is 7.11 Å². The highest BCUT2D eigenvalue weighted by molar-refractivity contribution is 5.69. The number of ether oxygens (including phenoxy) is 1. The van der Waals surface area contributed by atoms with Crippen LogP contribution >= 0.6 is 0 Å². The quantitative estimate of drug-likeness (QED) is 0.657. The highest BCUT2D eigenvalue weighted by atomic mass is 19.2. The fourth-order valence-corrected chi connectivity index (χ4v) is 1.35. The van der Waals surface area contributed by atoms with Gasteiger partial charge in [0.1, 0.15) is 0 Å². The number of phenolic OH excluding ortho intramolecular Hbond substituents is 1. The molecule has 0 amide bonds. The summed E-state index contributed by atoms with van der Waals surface area (Å²) in [5, 5.41) is 8.94. The number of aryl methyl sites for hydroxylation is 1. The summed E-state index contributed by atoms with van der Waals surface area (Å²) >= 11 is 0. The predicted octanol–water partition coefficient (Wildman–Crippen LogP) is 2.31. The van der Waals surface area contributed by atoms with Crippen molar-refractivity contribution in [1.82, 2.24) is 0 Å². The number of hydrogen-bond acceptors (Lipinski definition) is 3. The zero-order valence-corrected chi connectivity index (χ0v) is 9.10. The molecule has 0 radical (unpaired) electrons. The molecule has 0 saturated carbocycles. The molecule has 1 aromatic carbocycles. The molecule has 0 bridgehead atoms. The second-order valence-electron chi connectivity index (χ2n) is 3.42. The summed E-state index contributed by atoms with van der Waals surface area (Å²) in [6, 6.07) is 0.668. The minimum absolute atomic E-state index is 0.00565. The highest BCUT2D eigenvalue weighted by Crippen LogP contribution is 2.26. The summed E-state index contributed by atoms with van der Waals surface area (Å²) in [7, 11) is 1.21. The summed E-state index contributed by atoms with van der Waals surface area (Å²) in [6.45, 7) is 0. The number of rotatable bonds is 4. The lowest BCUT2D eigenvalue weighted by molar-refractivity contribution is -0.140. The molecule has 0 heterocycles. The smallest absolute Gasteiger partial charge is 0.305 e. The van der Waals surface area contributed by atoms with Gasteiger partial charge in [-0.05, 0) is 24.5 Å². The molecule has 0 aliphatic heterocycles. The molecule has 0 spiro atoms. The number of halogens is 3. The van der Waals surface area contributed by atoms with Gasteiger partial charge in [0, 0.05) is 6.42 Å². The van der Waals surface area contributed by atoms with Gasteiger partial charge < -0.3 is 9.84 Å². The zero-order valence-electron chi connectivity index (χ0n) is 9.10. The van der Waals surface area contributed by atoms with Gasteiger partial charge in [-0.2, -0.15) is 4.39 Å². The van der Waals surface area contributed by atoms with Crippen molar-refractivity contribution in [3.63, 3.8) is 0 Å². The number of carbonyl (C=O) groups excluding carboxylic acids is 1. The second kappa shape index (κ2) is 5.56. The summed E-state index contributed by atoms with van der Waals surface area (Å²) in [5.41, 5.74) is -0.176. The number of carbonyl (C=O) groups is 1. The summed E-state index contributed by atoms with van der Waals surface area (Å²) < 4.78 is 43.3. The monoisotopic (exact) mass is 248 g/mol. The average Bonchev–Trinajstić information content (AvgIpc) is 2.32. The van der Waals surface area contributed by atoms with Crippen LogP contribution in [0.15, 0.2) is 6.07 Å². The molecule has 0 aromatic heterocycles. The molecule has 17 heavy (non-hydrogen) atoms. The van der Waals surface area contributed by atoms with Gasteiger partial charge in [-0.15, -0.1) is 0 Å². The maximum atomic E-state index is 13.3. The average molecular weight is 248 g/mol. The molecule has 0 saturated heterocycles. The van der Waals surface area contributed by atoms with Gasteiger partial charge in [-0.25, -0.2) is 8.78 Å². The zero-order chi connectivity index (χ0) is 13.0. The van der Waals surface area contributed by atoms with Crippen molar-refractivity contribution in [3.8, 4) is 5.75 Å². The van der Waals surface area contributed by atoms with Gasteiger partial charge in [0.25, 0.3) is 0 Å². The summed E-state index contributed by atoms with van der Waals surface area (Å²) in [6.07, 6.45) is 0.259. The van der Waals surface area contributed by atoms with Crippen LogP contribution in [0.5, 0.6) is 5.75 Å². The molecule has 1 N–H and O–H groups in total. The Morgan fingerprint density at radius 1 is 1.35 bits per heavy atom. The highest BCUT2D eigenvalue weighted by Gasteiger charge is 2.17. The van der Waals surface area contributed by atoms with E-state index in [0.717, 1.165) is 0 Å². The van der Waals surface area contributed by atoms with Gasteiger partial charge in [0.2, 0.25) is 5.82 Å². The molecule has 94 valence electrons. The van der Waals surface area contributed by atoms with Crippen LogP contribution in [0, 0.1) is 17.5 Å². The van der Waals surface area contributed by atoms with Crippen molar-refractivity contribution in [3.05, 3.63) is 29.1 Å². The number of hydrogen-bond donors (Lipinski definition) is 1. The SMILES string of the molecule is COC(=O)CCCc1cc(F)c(F)c(O)c1F. The molecule has 0 fully saturated rings. The van der Waals surface area contributed by atoms with Crippen molar-refractivity contribution in [1.29, 1.82) is 0 Å². The van der Waals surface area contributed by atoms with E-state index in [2.05, 4.69) is 4.74 Å². The molecule has 1 rings (SSSR count). The van der Waals surface area contributed by atoms with E-state index >= 15 is 0 Å². The lowest BCUT2D eigenvalue weighted by atomic mass is 10.1. The number of esters is 1. The van der Waals surface area contributed by atoms with E-state index in [1.807, 2.05) is 0 Å². The number of phenols is 1. The molecule has 0 aliphatic rings. The first-order valence-electron chi connectivity index (χ1n) is 4.89. The molecule has 1 aromatic rings. The molecule has 0 atom stereocenters. The third-order valence-corrected chi connectivity index (χ3v) is 2.26. The number of benzene rings is 1. The van der Waals surface area contributed by atoms with Crippen LogP contribution in [0.25, 0.3) is 0 Å². The number of aromatic hydroxyl groups is 1. The van der Waals surface area contributed by atoms with E-state index in [0.29, 0.717) is 6.07 Å². The van der Waals surface area contributed by atoms with E-state index in [9.17, 15) is 18.0 Å². The predicted molar refractivity (Wildman–Crippen MR) is 52.9 cm³/mol. The van der Waals surface area contributed by atoms with E-state index in [1.165, 1.54) is 7.11 Å². The Bertz CT molecular complexity index is 432. The standard InChI is InChI=1S/C11H11F3O3/c1-17-8(15)4-2-3-6-5-7(12)10(14)11(16)9(6)13/h5,16H,2-4H2,1H3. The van der Waals surface area contributed by atoms with Crippen molar-refractivity contribution < 1.29 is 27.8 Å². The Hall–Kier alpha value is -1.72. The Morgan fingerprint density at radius 3 is 2.59 bits per heavy atom. The minimum atomic E-state index is -1.61. The maximum absolute atomic E-state index is 13.3. The summed E-state index contributed by atoms with van der Waals surface area (Å²) in [4.78, 5) is 10.8. The molecular formula is C11H11F3O3. The van der Waals surface area contributed by atoms with E-state index in [1.54, 1.807) is 0 Å². The van der Waals surface area contributed by atoms with Gasteiger partial charge in [-0.3, -0.25) is 4.79 Å². The third-order valence-electron chi connectivity index (χ3n) is 2.26. The lowest BCUT2D eigenvalue weighted by Gasteiger charge is -2.06. The van der Waals surface area contributed by atoms with Crippen LogP contribution in [0.3, 0.4) is 0 Å². The Morgan fingerprint density at radius 2 is 2.00 bits per heavy atom. The Balaban J connectivity index is 2.75. The van der Waals surface area contributed by atoms with Crippen LogP contribution < -0.4 is 0 Å². The molecular weight excluding hydrogens is 237 g/mol. The molecule has 0 aliphatic carbocycles. The van der Waals surface area contributed by atoms with Crippen LogP contribution in [0.4, 0.5) is 13.2 Å². The lowest BCUT2D eigenvalue weighted by Crippen LogP contribution is -2.02. The second-order valence-corrected chi connectivity index (χ2v) is 3.42. The number of methoxy groups -OCH3 is 1. The fourth-order valence-electron chi connectivity index (χ4n) is 1.35. The Labute approximate surface area is 95.8 Å². The van der Waals surface area contributed by atoms with E-state index in [4.69, 9.17) is 5.11 Å². The van der Waals surface area contributed by atoms with Crippen LogP contribution in [-0.2, 0) is 16.0 Å². The normalized spacial score (nSPS) is 10.4. The first-order chi connectivity index (χ1) is 7.97. The molecule has 6 heteroatoms. The fraction of sp³-hybridized carbons (Fsp3) is 0.364. The van der Waals surface area contributed by atoms with Gasteiger partial charge in [0.05, 0.1) is 7.11 Å². The van der Waals surface area contributed by atoms with Crippen molar-refractivity contribution in [2.45, 2.75) is 19.3 Å². The van der Waals surface area contributed by atoms with Gasteiger partial charge in [-0.1, -0.05) is 0 Å². The maximum Gasteiger partial charge on any atom is 0.305 e. The largest absolute Gasteiger partial charge is 0.503 e. The molecule has 0 unspecified atom stereocenters. The minimum Gasteiger partial charge on any atom is -0.503 e. The summed E-state index contributed by atoms with van der Waals surface area (Å²) in [5.74, 6) is -5.94. The van der Waals surface area contributed by atoms with Crippen LogP contribution in [-0.4, -0.2) is 18.2 Å². The third kappa shape index (κ3) is 3.12. The first-order valence-corrected chi connectivity index (χ1v) is 4.89. The Kier molecular flexibility index (Phi) is 4.37.